The Morgan fingerprint density at radius 2 is 1.96 bits per heavy atom. The molecule has 1 saturated heterocycles. The number of carbonyl (C=O) groups is 4. The molecule has 10 nitrogen and oxygen atoms in total. The zero-order valence-electron chi connectivity index (χ0n) is 24.7. The van der Waals surface area contributed by atoms with Crippen molar-refractivity contribution in [3.05, 3.63) is 76.3 Å². The molecular formula is C33H32ClFN4O6. The molecule has 3 aliphatic heterocycles. The minimum atomic E-state index is -1.37. The molecule has 2 atom stereocenters. The van der Waals surface area contributed by atoms with Crippen LogP contribution >= 0.6 is 11.6 Å². The van der Waals surface area contributed by atoms with Crippen LogP contribution in [0, 0.1) is 5.82 Å². The third-order valence-corrected chi connectivity index (χ3v) is 8.99. The number of pyridine rings is 1. The van der Waals surface area contributed by atoms with E-state index in [1.807, 2.05) is 12.1 Å². The van der Waals surface area contributed by atoms with Gasteiger partial charge in [0.15, 0.2) is 11.4 Å². The second-order valence-corrected chi connectivity index (χ2v) is 12.0. The van der Waals surface area contributed by atoms with Crippen LogP contribution in [-0.2, 0) is 35.9 Å². The number of likely N-dealkylation sites (tertiary alicyclic amines) is 1. The second kappa shape index (κ2) is 12.5. The van der Waals surface area contributed by atoms with Crippen LogP contribution in [-0.4, -0.2) is 54.0 Å². The molecule has 1 spiro atoms. The molecular weight excluding hydrogens is 603 g/mol. The predicted molar refractivity (Wildman–Crippen MR) is 164 cm³/mol. The summed E-state index contributed by atoms with van der Waals surface area (Å²) in [6.07, 6.45) is 4.00. The molecule has 45 heavy (non-hydrogen) atoms. The number of nitrogens with one attached hydrogen (secondary N) is 2. The fourth-order valence-electron chi connectivity index (χ4n) is 6.47. The van der Waals surface area contributed by atoms with Crippen LogP contribution in [0.15, 0.2) is 48.7 Å². The van der Waals surface area contributed by atoms with Crippen molar-refractivity contribution < 1.29 is 33.0 Å². The summed E-state index contributed by atoms with van der Waals surface area (Å²) in [5.74, 6) is -2.04. The number of nitrogens with zero attached hydrogens (tertiary/aromatic N) is 2. The van der Waals surface area contributed by atoms with Gasteiger partial charge in [0.05, 0.1) is 48.0 Å². The summed E-state index contributed by atoms with van der Waals surface area (Å²) in [6.45, 7) is 0.224. The summed E-state index contributed by atoms with van der Waals surface area (Å²) < 4.78 is 25.8. The molecule has 0 aliphatic carbocycles. The highest BCUT2D eigenvalue weighted by atomic mass is 35.5. The maximum Gasteiger partial charge on any atom is 0.412 e. The number of rotatable bonds is 3. The Morgan fingerprint density at radius 1 is 1.11 bits per heavy atom. The van der Waals surface area contributed by atoms with Gasteiger partial charge in [-0.05, 0) is 54.3 Å². The van der Waals surface area contributed by atoms with Gasteiger partial charge in [-0.2, -0.15) is 0 Å². The van der Waals surface area contributed by atoms with Crippen molar-refractivity contribution in [2.24, 2.45) is 0 Å². The highest BCUT2D eigenvalue weighted by molar-refractivity contribution is 6.31. The van der Waals surface area contributed by atoms with E-state index < -0.39 is 29.4 Å². The van der Waals surface area contributed by atoms with E-state index in [1.54, 1.807) is 29.3 Å². The molecule has 2 aromatic carbocycles. The molecule has 3 aliphatic rings. The summed E-state index contributed by atoms with van der Waals surface area (Å²) in [5.41, 5.74) is 2.31. The molecule has 0 saturated carbocycles. The lowest BCUT2D eigenvalue weighted by molar-refractivity contribution is -0.139. The average molecular weight is 635 g/mol. The Bertz CT molecular complexity index is 1700. The fraction of sp³-hybridized carbons (Fsp3) is 0.364. The Balaban J connectivity index is 1.33. The van der Waals surface area contributed by atoms with Gasteiger partial charge in [0, 0.05) is 36.8 Å². The molecule has 12 heteroatoms. The SMILES string of the molecule is COC(=O)Cc1ccc2c(c1)NC(=O)CCCCC[C@H](C(=O)N1CC[C@@]3(C1)OC(=O)Nc1ccc(Cl)c(F)c13)c1cc-2ccn1. The van der Waals surface area contributed by atoms with Crippen molar-refractivity contribution in [1.82, 2.24) is 9.88 Å². The Labute approximate surface area is 264 Å². The minimum absolute atomic E-state index is 0.0239. The van der Waals surface area contributed by atoms with Crippen molar-refractivity contribution in [1.29, 1.82) is 0 Å². The number of hydrogen-bond acceptors (Lipinski definition) is 7. The lowest BCUT2D eigenvalue weighted by Gasteiger charge is -2.36. The second-order valence-electron chi connectivity index (χ2n) is 11.6. The van der Waals surface area contributed by atoms with E-state index >= 15 is 4.39 Å². The highest BCUT2D eigenvalue weighted by Gasteiger charge is 2.51. The number of aromatic nitrogens is 1. The molecule has 1 aromatic heterocycles. The van der Waals surface area contributed by atoms with Gasteiger partial charge in [0.25, 0.3) is 0 Å². The van der Waals surface area contributed by atoms with Crippen LogP contribution in [0.5, 0.6) is 0 Å². The number of hydrogen-bond donors (Lipinski definition) is 2. The highest BCUT2D eigenvalue weighted by Crippen LogP contribution is 2.46. The van der Waals surface area contributed by atoms with E-state index in [-0.39, 0.29) is 54.0 Å². The van der Waals surface area contributed by atoms with E-state index in [9.17, 15) is 19.2 Å². The smallest absolute Gasteiger partial charge is 0.412 e. The maximum atomic E-state index is 15.3. The van der Waals surface area contributed by atoms with E-state index in [2.05, 4.69) is 15.6 Å². The number of halogens is 2. The summed E-state index contributed by atoms with van der Waals surface area (Å²) in [5, 5.41) is 5.44. The topological polar surface area (TPSA) is 127 Å². The monoisotopic (exact) mass is 634 g/mol. The van der Waals surface area contributed by atoms with Crippen molar-refractivity contribution in [3.63, 3.8) is 0 Å². The summed E-state index contributed by atoms with van der Waals surface area (Å²) in [6, 6.07) is 12.0. The van der Waals surface area contributed by atoms with Crippen LogP contribution in [0.3, 0.4) is 0 Å². The van der Waals surface area contributed by atoms with Crippen LogP contribution in [0.2, 0.25) is 5.02 Å². The van der Waals surface area contributed by atoms with Crippen molar-refractivity contribution >= 4 is 46.9 Å². The number of amides is 3. The van der Waals surface area contributed by atoms with Crippen LogP contribution in [0.1, 0.15) is 61.3 Å². The molecule has 234 valence electrons. The first-order valence-electron chi connectivity index (χ1n) is 14.9. The lowest BCUT2D eigenvalue weighted by atomic mass is 9.89. The van der Waals surface area contributed by atoms with Crippen molar-refractivity contribution in [3.8, 4) is 11.1 Å². The number of methoxy groups -OCH3 is 1. The van der Waals surface area contributed by atoms with Gasteiger partial charge in [-0.3, -0.25) is 24.7 Å². The molecule has 4 heterocycles. The van der Waals surface area contributed by atoms with Crippen LogP contribution in [0.25, 0.3) is 11.1 Å². The number of benzene rings is 2. The third kappa shape index (κ3) is 6.09. The van der Waals surface area contributed by atoms with Crippen molar-refractivity contribution in [2.75, 3.05) is 30.8 Å². The van der Waals surface area contributed by atoms with Gasteiger partial charge in [0.2, 0.25) is 11.8 Å². The number of anilines is 2. The number of carbonyl (C=O) groups excluding carboxylic acids is 4. The lowest BCUT2D eigenvalue weighted by Crippen LogP contribution is -2.44. The zero-order chi connectivity index (χ0) is 31.7. The van der Waals surface area contributed by atoms with E-state index in [1.165, 1.54) is 19.2 Å². The zero-order valence-corrected chi connectivity index (χ0v) is 25.4. The fourth-order valence-corrected chi connectivity index (χ4v) is 6.62. The van der Waals surface area contributed by atoms with Gasteiger partial charge in [-0.15, -0.1) is 0 Å². The first-order valence-corrected chi connectivity index (χ1v) is 15.3. The first kappa shape index (κ1) is 30.5. The van der Waals surface area contributed by atoms with Gasteiger partial charge in [-0.25, -0.2) is 9.18 Å². The van der Waals surface area contributed by atoms with Crippen LogP contribution < -0.4 is 10.6 Å². The van der Waals surface area contributed by atoms with Crippen LogP contribution in [0.4, 0.5) is 20.6 Å². The molecule has 1 fully saturated rings. The molecule has 0 radical (unpaired) electrons. The molecule has 3 aromatic rings. The van der Waals surface area contributed by atoms with Gasteiger partial charge in [0.1, 0.15) is 0 Å². The maximum absolute atomic E-state index is 15.3. The molecule has 3 amide bonds. The molecule has 6 rings (SSSR count). The van der Waals surface area contributed by atoms with Crippen molar-refractivity contribution in [2.45, 2.75) is 56.5 Å². The van der Waals surface area contributed by atoms with Gasteiger partial charge >= 0.3 is 12.1 Å². The summed E-state index contributed by atoms with van der Waals surface area (Å²) >= 11 is 6.11. The Kier molecular flexibility index (Phi) is 8.46. The summed E-state index contributed by atoms with van der Waals surface area (Å²) in [4.78, 5) is 57.7. The normalized spacial score (nSPS) is 21.2. The quantitative estimate of drug-likeness (QED) is 0.342. The van der Waals surface area contributed by atoms with Gasteiger partial charge in [-0.1, -0.05) is 36.6 Å². The Hall–Kier alpha value is -4.51. The first-order chi connectivity index (χ1) is 21.7. The number of esters is 1. The standard InChI is InChI=1S/C33H32ClFN4O6/c1-44-28(41)16-19-7-8-21-20-11-13-36-25(17-20)22(5-3-2-4-6-27(40)37-26(21)15-19)31(42)39-14-12-33(18-39)29-24(38-32(43)45-33)10-9-23(34)30(29)35/h7-11,13,15,17,22H,2-6,12,14,16,18H2,1H3,(H,37,40)(H,38,43)/t22-,33-/m0/s1. The van der Waals surface area contributed by atoms with E-state index in [0.29, 0.717) is 42.6 Å². The molecule has 0 unspecified atom stereocenters. The largest absolute Gasteiger partial charge is 0.469 e. The number of ether oxygens (including phenoxy) is 2. The predicted octanol–water partition coefficient (Wildman–Crippen LogP) is 5.93. The third-order valence-electron chi connectivity index (χ3n) is 8.70. The Morgan fingerprint density at radius 3 is 2.78 bits per heavy atom. The van der Waals surface area contributed by atoms with Gasteiger partial charge < -0.3 is 19.7 Å². The average Bonchev–Trinajstić information content (AvgIpc) is 3.43. The summed E-state index contributed by atoms with van der Waals surface area (Å²) in [7, 11) is 1.32. The molecule has 2 N–H and O–H groups in total. The van der Waals surface area contributed by atoms with E-state index in [4.69, 9.17) is 21.1 Å². The minimum Gasteiger partial charge on any atom is -0.469 e. The van der Waals surface area contributed by atoms with E-state index in [0.717, 1.165) is 17.5 Å². The molecule has 2 bridgehead atoms. The number of fused-ring (bicyclic) bond motifs is 6.